The lowest BCUT2D eigenvalue weighted by Crippen LogP contribution is -2.40. The first-order valence-electron chi connectivity index (χ1n) is 6.99. The predicted molar refractivity (Wildman–Crippen MR) is 72.7 cm³/mol. The Labute approximate surface area is 108 Å². The maximum absolute atomic E-state index is 14.7. The molecule has 1 saturated heterocycles. The van der Waals surface area contributed by atoms with Crippen LogP contribution in [0.15, 0.2) is 18.2 Å². The molecule has 0 amide bonds. The maximum atomic E-state index is 14.7. The van der Waals surface area contributed by atoms with Crippen LogP contribution in [0.25, 0.3) is 0 Å². The van der Waals surface area contributed by atoms with Gasteiger partial charge < -0.3 is 10.6 Å². The van der Waals surface area contributed by atoms with Gasteiger partial charge in [0.1, 0.15) is 6.17 Å². The van der Waals surface area contributed by atoms with Crippen molar-refractivity contribution in [2.75, 3.05) is 18.4 Å². The van der Waals surface area contributed by atoms with E-state index in [4.69, 9.17) is 0 Å². The normalized spacial score (nSPS) is 28.6. The highest BCUT2D eigenvalue weighted by atomic mass is 19.1. The number of para-hydroxylation sites is 1. The average Bonchev–Trinajstić information content (AvgIpc) is 2.86. The first-order valence-corrected chi connectivity index (χ1v) is 6.99. The van der Waals surface area contributed by atoms with E-state index in [1.54, 1.807) is 0 Å². The Kier molecular flexibility index (Phi) is 3.25. The number of alkyl halides is 1. The zero-order chi connectivity index (χ0) is 12.5. The minimum atomic E-state index is -0.895. The summed E-state index contributed by atoms with van der Waals surface area (Å²) >= 11 is 0. The van der Waals surface area contributed by atoms with Crippen LogP contribution in [0.5, 0.6) is 0 Å². The van der Waals surface area contributed by atoms with E-state index >= 15 is 0 Å². The van der Waals surface area contributed by atoms with Gasteiger partial charge in [0.25, 0.3) is 0 Å². The second-order valence-electron chi connectivity index (χ2n) is 5.65. The van der Waals surface area contributed by atoms with Gasteiger partial charge in [-0.15, -0.1) is 0 Å². The minimum absolute atomic E-state index is 0.0253. The molecular weight excluding hydrogens is 227 g/mol. The van der Waals surface area contributed by atoms with Crippen LogP contribution in [0.4, 0.5) is 10.1 Å². The summed E-state index contributed by atoms with van der Waals surface area (Å²) in [5.74, 6) is 0.624. The van der Waals surface area contributed by atoms with Crippen molar-refractivity contribution in [2.45, 2.75) is 38.4 Å². The predicted octanol–water partition coefficient (Wildman–Crippen LogP) is 3.05. The number of anilines is 1. The van der Waals surface area contributed by atoms with Crippen LogP contribution in [0, 0.1) is 5.92 Å². The fourth-order valence-electron chi connectivity index (χ4n) is 3.19. The monoisotopic (exact) mass is 248 g/mol. The molecule has 0 spiro atoms. The molecule has 0 saturated carbocycles. The van der Waals surface area contributed by atoms with Crippen molar-refractivity contribution < 1.29 is 4.39 Å². The molecule has 1 aromatic carbocycles. The zero-order valence-corrected chi connectivity index (χ0v) is 10.9. The number of fused-ring (bicyclic) bond motifs is 1. The number of benzene rings is 1. The van der Waals surface area contributed by atoms with E-state index in [2.05, 4.69) is 23.6 Å². The highest BCUT2D eigenvalue weighted by Crippen LogP contribution is 2.36. The molecule has 2 nitrogen and oxygen atoms in total. The lowest BCUT2D eigenvalue weighted by Gasteiger charge is -2.31. The molecule has 2 heterocycles. The number of nitrogens with one attached hydrogen (secondary N) is 2. The van der Waals surface area contributed by atoms with Gasteiger partial charge in [-0.1, -0.05) is 25.1 Å². The van der Waals surface area contributed by atoms with Crippen LogP contribution >= 0.6 is 0 Å². The van der Waals surface area contributed by atoms with Gasteiger partial charge in [0.2, 0.25) is 0 Å². The lowest BCUT2D eigenvalue weighted by molar-refractivity contribution is 0.194. The van der Waals surface area contributed by atoms with Crippen LogP contribution < -0.4 is 10.6 Å². The fourth-order valence-corrected chi connectivity index (χ4v) is 3.19. The average molecular weight is 248 g/mol. The Bertz CT molecular complexity index is 433. The van der Waals surface area contributed by atoms with Crippen molar-refractivity contribution in [3.05, 3.63) is 29.3 Å². The maximum Gasteiger partial charge on any atom is 0.142 e. The van der Waals surface area contributed by atoms with Crippen molar-refractivity contribution in [3.63, 3.8) is 0 Å². The van der Waals surface area contributed by atoms with E-state index in [-0.39, 0.29) is 6.04 Å². The summed E-state index contributed by atoms with van der Waals surface area (Å²) in [6, 6.07) is 5.99. The van der Waals surface area contributed by atoms with Gasteiger partial charge >= 0.3 is 0 Å². The molecule has 2 aliphatic rings. The molecule has 3 atom stereocenters. The summed E-state index contributed by atoms with van der Waals surface area (Å²) in [5, 5.41) is 6.67. The Hall–Kier alpha value is -1.09. The standard InChI is InChI=1S/C15H21FN2/c1-10-5-7-17-13(9-10)14(16)12-4-2-3-11-6-8-18-15(11)12/h2-4,10,13-14,17-18H,5-9H2,1H3. The van der Waals surface area contributed by atoms with E-state index in [1.807, 2.05) is 12.1 Å². The van der Waals surface area contributed by atoms with Crippen molar-refractivity contribution >= 4 is 5.69 Å². The van der Waals surface area contributed by atoms with Crippen molar-refractivity contribution in [1.82, 2.24) is 5.32 Å². The third-order valence-corrected chi connectivity index (χ3v) is 4.23. The van der Waals surface area contributed by atoms with Gasteiger partial charge in [0.05, 0.1) is 0 Å². The molecule has 3 rings (SSSR count). The molecule has 0 radical (unpaired) electrons. The van der Waals surface area contributed by atoms with Crippen LogP contribution in [-0.4, -0.2) is 19.1 Å². The number of hydrogen-bond acceptors (Lipinski definition) is 2. The molecule has 3 unspecified atom stereocenters. The van der Waals surface area contributed by atoms with Crippen LogP contribution in [0.3, 0.4) is 0 Å². The van der Waals surface area contributed by atoms with Gasteiger partial charge in [0, 0.05) is 23.8 Å². The summed E-state index contributed by atoms with van der Waals surface area (Å²) in [4.78, 5) is 0. The largest absolute Gasteiger partial charge is 0.384 e. The van der Waals surface area contributed by atoms with Gasteiger partial charge in [-0.2, -0.15) is 0 Å². The highest BCUT2D eigenvalue weighted by Gasteiger charge is 2.30. The molecule has 3 heteroatoms. The SMILES string of the molecule is CC1CCNC(C(F)c2cccc3c2NCC3)C1. The van der Waals surface area contributed by atoms with Crippen molar-refractivity contribution in [1.29, 1.82) is 0 Å². The van der Waals surface area contributed by atoms with E-state index in [0.717, 1.165) is 43.6 Å². The third-order valence-electron chi connectivity index (χ3n) is 4.23. The molecule has 1 fully saturated rings. The number of rotatable bonds is 2. The fraction of sp³-hybridized carbons (Fsp3) is 0.600. The first kappa shape index (κ1) is 12.0. The Morgan fingerprint density at radius 2 is 2.22 bits per heavy atom. The minimum Gasteiger partial charge on any atom is -0.384 e. The first-order chi connectivity index (χ1) is 8.75. The van der Waals surface area contributed by atoms with Gasteiger partial charge in [-0.05, 0) is 37.3 Å². The van der Waals surface area contributed by atoms with Crippen molar-refractivity contribution in [3.8, 4) is 0 Å². The van der Waals surface area contributed by atoms with E-state index in [9.17, 15) is 4.39 Å². The second kappa shape index (κ2) is 4.88. The van der Waals surface area contributed by atoms with Crippen LogP contribution in [0.1, 0.15) is 37.1 Å². The molecule has 0 aliphatic carbocycles. The van der Waals surface area contributed by atoms with E-state index < -0.39 is 6.17 Å². The number of hydrogen-bond donors (Lipinski definition) is 2. The highest BCUT2D eigenvalue weighted by molar-refractivity contribution is 5.62. The summed E-state index contributed by atoms with van der Waals surface area (Å²) in [6.45, 7) is 4.09. The molecule has 18 heavy (non-hydrogen) atoms. The number of piperidine rings is 1. The molecule has 2 aliphatic heterocycles. The molecule has 0 bridgehead atoms. The van der Waals surface area contributed by atoms with Gasteiger partial charge in [-0.25, -0.2) is 4.39 Å². The molecule has 2 N–H and O–H groups in total. The van der Waals surface area contributed by atoms with E-state index in [0.29, 0.717) is 5.92 Å². The van der Waals surface area contributed by atoms with Crippen LogP contribution in [0.2, 0.25) is 0 Å². The van der Waals surface area contributed by atoms with E-state index in [1.165, 1.54) is 5.56 Å². The summed E-state index contributed by atoms with van der Waals surface area (Å²) in [6.07, 6.45) is 2.22. The van der Waals surface area contributed by atoms with Crippen LogP contribution in [-0.2, 0) is 6.42 Å². The lowest BCUT2D eigenvalue weighted by atomic mass is 9.88. The summed E-state index contributed by atoms with van der Waals surface area (Å²) in [5.41, 5.74) is 3.15. The smallest absolute Gasteiger partial charge is 0.142 e. The Balaban J connectivity index is 1.84. The molecular formula is C15H21FN2. The Morgan fingerprint density at radius 3 is 3.06 bits per heavy atom. The second-order valence-corrected chi connectivity index (χ2v) is 5.65. The quantitative estimate of drug-likeness (QED) is 0.840. The van der Waals surface area contributed by atoms with Gasteiger partial charge in [-0.3, -0.25) is 0 Å². The number of halogens is 1. The Morgan fingerprint density at radius 1 is 1.33 bits per heavy atom. The molecule has 98 valence electrons. The topological polar surface area (TPSA) is 24.1 Å². The molecule has 0 aromatic heterocycles. The third kappa shape index (κ3) is 2.12. The summed E-state index contributed by atoms with van der Waals surface area (Å²) in [7, 11) is 0. The molecule has 1 aromatic rings. The van der Waals surface area contributed by atoms with Gasteiger partial charge in [0.15, 0.2) is 0 Å². The zero-order valence-electron chi connectivity index (χ0n) is 10.9. The summed E-state index contributed by atoms with van der Waals surface area (Å²) < 4.78 is 14.7. The van der Waals surface area contributed by atoms with Crippen molar-refractivity contribution in [2.24, 2.45) is 5.92 Å².